The number of carbonyl (C=O) groups excluding carboxylic acids is 1. The molecule has 3 heterocycles. The number of alkyl halides is 3. The summed E-state index contributed by atoms with van der Waals surface area (Å²) in [7, 11) is -4.55. The van der Waals surface area contributed by atoms with E-state index in [4.69, 9.17) is 11.6 Å². The Morgan fingerprint density at radius 3 is 2.74 bits per heavy atom. The highest BCUT2D eigenvalue weighted by molar-refractivity contribution is 9.10. The Hall–Kier alpha value is -1.89. The van der Waals surface area contributed by atoms with Gasteiger partial charge in [0.15, 0.2) is 0 Å². The molecule has 1 aromatic heterocycles. The number of hydrogen-bond donors (Lipinski definition) is 2. The van der Waals surface area contributed by atoms with Crippen LogP contribution in [-0.4, -0.2) is 38.4 Å². The maximum atomic E-state index is 13.9. The monoisotopic (exact) mass is 580 g/mol. The molecule has 0 spiro atoms. The van der Waals surface area contributed by atoms with E-state index in [-0.39, 0.29) is 35.3 Å². The van der Waals surface area contributed by atoms with Gasteiger partial charge in [-0.25, -0.2) is 18.1 Å². The second kappa shape index (κ2) is 9.63. The molecule has 4 rings (SSSR count). The second-order valence-electron chi connectivity index (χ2n) is 8.33. The van der Waals surface area contributed by atoms with E-state index in [9.17, 15) is 26.4 Å². The number of aromatic nitrogens is 1. The fourth-order valence-electron chi connectivity index (χ4n) is 4.27. The zero-order valence-corrected chi connectivity index (χ0v) is 20.9. The third-order valence-electron chi connectivity index (χ3n) is 6.01. The van der Waals surface area contributed by atoms with Crippen molar-refractivity contribution < 1.29 is 26.4 Å². The lowest BCUT2D eigenvalue weighted by atomic mass is 9.99. The highest BCUT2D eigenvalue weighted by Gasteiger charge is 2.40. The lowest BCUT2D eigenvalue weighted by Crippen LogP contribution is -2.38. The maximum Gasteiger partial charge on any atom is 0.417 e. The van der Waals surface area contributed by atoms with E-state index in [0.29, 0.717) is 36.0 Å². The molecule has 0 bridgehead atoms. The molecule has 2 aromatic rings. The lowest BCUT2D eigenvalue weighted by molar-refractivity contribution is -0.140. The molecular formula is C21H21BrClF3N4O3S. The van der Waals surface area contributed by atoms with Gasteiger partial charge in [0.2, 0.25) is 15.9 Å². The number of halogens is 5. The van der Waals surface area contributed by atoms with Gasteiger partial charge in [0.25, 0.3) is 0 Å². The number of hydrogen-bond acceptors (Lipinski definition) is 5. The van der Waals surface area contributed by atoms with E-state index in [2.05, 4.69) is 31.0 Å². The number of nitrogens with zero attached hydrogens (tertiary/aromatic N) is 2. The molecule has 2 aliphatic heterocycles. The van der Waals surface area contributed by atoms with Gasteiger partial charge in [0.1, 0.15) is 10.7 Å². The van der Waals surface area contributed by atoms with Gasteiger partial charge in [-0.2, -0.15) is 13.2 Å². The largest absolute Gasteiger partial charge is 0.417 e. The molecule has 184 valence electrons. The molecular weight excluding hydrogens is 561 g/mol. The van der Waals surface area contributed by atoms with Crippen LogP contribution in [0.1, 0.15) is 30.4 Å². The van der Waals surface area contributed by atoms with E-state index in [0.717, 1.165) is 18.7 Å². The first-order chi connectivity index (χ1) is 15.9. The molecule has 34 heavy (non-hydrogen) atoms. The summed E-state index contributed by atoms with van der Waals surface area (Å²) in [5.41, 5.74) is -0.896. The highest BCUT2D eigenvalue weighted by atomic mass is 79.9. The zero-order chi connectivity index (χ0) is 24.7. The molecule has 7 nitrogen and oxygen atoms in total. The van der Waals surface area contributed by atoms with Gasteiger partial charge in [-0.3, -0.25) is 4.79 Å². The van der Waals surface area contributed by atoms with E-state index < -0.39 is 26.7 Å². The summed E-state index contributed by atoms with van der Waals surface area (Å²) < 4.78 is 70.1. The molecule has 2 unspecified atom stereocenters. The van der Waals surface area contributed by atoms with E-state index in [1.54, 1.807) is 23.1 Å². The standard InChI is InChI=1S/C21H21BrClF3N4O3S/c22-14-5-4-12(16(23)6-14)8-28-34(32,33)18-9-27-19(7-15(18)21(24,25)26)30-10-13-2-1-3-20(31)29-17(13)11-30/h4-7,9,13,17,28H,1-3,8,10-11H2,(H,29,31). The topological polar surface area (TPSA) is 91.4 Å². The van der Waals surface area contributed by atoms with Crippen LogP contribution in [0, 0.1) is 5.92 Å². The summed E-state index contributed by atoms with van der Waals surface area (Å²) in [5, 5.41) is 3.17. The summed E-state index contributed by atoms with van der Waals surface area (Å²) in [4.78, 5) is 16.6. The van der Waals surface area contributed by atoms with Crippen molar-refractivity contribution in [1.29, 1.82) is 0 Å². The Labute approximate surface area is 208 Å². The van der Waals surface area contributed by atoms with Crippen molar-refractivity contribution >= 4 is 49.3 Å². The van der Waals surface area contributed by atoms with E-state index >= 15 is 0 Å². The molecule has 0 radical (unpaired) electrons. The Balaban J connectivity index is 1.59. The minimum atomic E-state index is -4.92. The van der Waals surface area contributed by atoms with Crippen LogP contribution in [0.4, 0.5) is 19.0 Å². The number of anilines is 1. The van der Waals surface area contributed by atoms with Crippen molar-refractivity contribution in [2.75, 3.05) is 18.0 Å². The molecule has 2 saturated heterocycles. The number of amides is 1. The van der Waals surface area contributed by atoms with Crippen LogP contribution in [-0.2, 0) is 27.5 Å². The average Bonchev–Trinajstić information content (AvgIpc) is 3.06. The van der Waals surface area contributed by atoms with Crippen LogP contribution in [0.2, 0.25) is 5.02 Å². The van der Waals surface area contributed by atoms with Gasteiger partial charge in [-0.1, -0.05) is 33.6 Å². The van der Waals surface area contributed by atoms with Crippen LogP contribution in [0.5, 0.6) is 0 Å². The number of benzene rings is 1. The molecule has 0 saturated carbocycles. The Bertz CT molecular complexity index is 1210. The van der Waals surface area contributed by atoms with Crippen LogP contribution in [0.3, 0.4) is 0 Å². The third kappa shape index (κ3) is 5.50. The number of sulfonamides is 1. The number of nitrogens with one attached hydrogen (secondary N) is 2. The summed E-state index contributed by atoms with van der Waals surface area (Å²) in [6.45, 7) is 0.456. The van der Waals surface area contributed by atoms with Crippen molar-refractivity contribution in [3.8, 4) is 0 Å². The minimum absolute atomic E-state index is 0.0181. The Morgan fingerprint density at radius 2 is 2.03 bits per heavy atom. The van der Waals surface area contributed by atoms with Gasteiger partial charge in [0, 0.05) is 41.7 Å². The average molecular weight is 582 g/mol. The normalized spacial score (nSPS) is 21.2. The summed E-state index contributed by atoms with van der Waals surface area (Å²) in [6.07, 6.45) is -2.26. The molecule has 2 aliphatic rings. The maximum absolute atomic E-state index is 13.9. The predicted molar refractivity (Wildman–Crippen MR) is 124 cm³/mol. The van der Waals surface area contributed by atoms with Gasteiger partial charge in [-0.15, -0.1) is 0 Å². The first-order valence-electron chi connectivity index (χ1n) is 10.5. The second-order valence-corrected chi connectivity index (χ2v) is 11.4. The molecule has 0 aliphatic carbocycles. The summed E-state index contributed by atoms with van der Waals surface area (Å²) >= 11 is 9.32. The third-order valence-corrected chi connectivity index (χ3v) is 8.28. The molecule has 13 heteroatoms. The predicted octanol–water partition coefficient (Wildman–Crippen LogP) is 4.10. The highest BCUT2D eigenvalue weighted by Crippen LogP contribution is 2.37. The van der Waals surface area contributed by atoms with Gasteiger partial charge in [0.05, 0.1) is 11.6 Å². The zero-order valence-electron chi connectivity index (χ0n) is 17.7. The van der Waals surface area contributed by atoms with Crippen molar-refractivity contribution in [2.45, 2.75) is 42.9 Å². The number of fused-ring (bicyclic) bond motifs is 1. The molecule has 1 amide bonds. The van der Waals surface area contributed by atoms with E-state index in [1.807, 2.05) is 0 Å². The van der Waals surface area contributed by atoms with Crippen molar-refractivity contribution in [3.05, 3.63) is 51.1 Å². The van der Waals surface area contributed by atoms with Gasteiger partial charge >= 0.3 is 6.18 Å². The Morgan fingerprint density at radius 1 is 1.26 bits per heavy atom. The minimum Gasteiger partial charge on any atom is -0.354 e. The molecule has 2 fully saturated rings. The fraction of sp³-hybridized carbons (Fsp3) is 0.429. The van der Waals surface area contributed by atoms with Gasteiger partial charge in [-0.05, 0) is 42.5 Å². The number of carbonyl (C=O) groups is 1. The van der Waals surface area contributed by atoms with Crippen LogP contribution in [0.25, 0.3) is 0 Å². The van der Waals surface area contributed by atoms with Crippen molar-refractivity contribution in [2.24, 2.45) is 5.92 Å². The first kappa shape index (κ1) is 25.2. The fourth-order valence-corrected chi connectivity index (χ4v) is 6.17. The van der Waals surface area contributed by atoms with Crippen LogP contribution >= 0.6 is 27.5 Å². The number of pyridine rings is 1. The summed E-state index contributed by atoms with van der Waals surface area (Å²) in [6, 6.07) is 5.35. The van der Waals surface area contributed by atoms with Crippen LogP contribution < -0.4 is 14.9 Å². The SMILES string of the molecule is O=C1CCCC2CN(c3cc(C(F)(F)F)c(S(=O)(=O)NCc4ccc(Br)cc4Cl)cn3)CC2N1. The smallest absolute Gasteiger partial charge is 0.354 e. The Kier molecular flexibility index (Phi) is 7.14. The molecule has 2 atom stereocenters. The van der Waals surface area contributed by atoms with E-state index in [1.165, 1.54) is 0 Å². The van der Waals surface area contributed by atoms with Crippen LogP contribution in [0.15, 0.2) is 39.8 Å². The van der Waals surface area contributed by atoms with Gasteiger partial charge < -0.3 is 10.2 Å². The molecule has 2 N–H and O–H groups in total. The first-order valence-corrected chi connectivity index (χ1v) is 13.1. The summed E-state index contributed by atoms with van der Waals surface area (Å²) in [5.74, 6) is 0.0459. The quantitative estimate of drug-likeness (QED) is 0.555. The lowest BCUT2D eigenvalue weighted by Gasteiger charge is -2.21. The van der Waals surface area contributed by atoms with Crippen molar-refractivity contribution in [3.63, 3.8) is 0 Å². The number of rotatable bonds is 5. The van der Waals surface area contributed by atoms with Crippen molar-refractivity contribution in [1.82, 2.24) is 15.0 Å². The molecule has 1 aromatic carbocycles.